The van der Waals surface area contributed by atoms with E-state index in [-0.39, 0.29) is 11.9 Å². The lowest BCUT2D eigenvalue weighted by Crippen LogP contribution is -2.39. The first-order valence-corrected chi connectivity index (χ1v) is 11.4. The predicted octanol–water partition coefficient (Wildman–Crippen LogP) is 4.20. The maximum absolute atomic E-state index is 13.4. The number of ether oxygens (including phenoxy) is 1. The lowest BCUT2D eigenvalue weighted by Gasteiger charge is -2.36. The Balaban J connectivity index is 1.63. The number of amides is 1. The quantitative estimate of drug-likeness (QED) is 0.534. The van der Waals surface area contributed by atoms with Crippen molar-refractivity contribution in [2.45, 2.75) is 45.1 Å². The Kier molecular flexibility index (Phi) is 6.91. The van der Waals surface area contributed by atoms with Gasteiger partial charge in [-0.3, -0.25) is 4.79 Å². The van der Waals surface area contributed by atoms with Crippen molar-refractivity contribution in [2.24, 2.45) is 0 Å². The fraction of sp³-hybridized carbons (Fsp3) is 0.440. The van der Waals surface area contributed by atoms with Gasteiger partial charge in [0.15, 0.2) is 5.76 Å². The monoisotopic (exact) mass is 449 g/mol. The van der Waals surface area contributed by atoms with Crippen LogP contribution in [0.2, 0.25) is 0 Å². The zero-order valence-electron chi connectivity index (χ0n) is 19.7. The van der Waals surface area contributed by atoms with Crippen molar-refractivity contribution in [1.82, 2.24) is 20.0 Å². The molecule has 0 spiro atoms. The summed E-state index contributed by atoms with van der Waals surface area (Å²) < 4.78 is 11.0. The summed E-state index contributed by atoms with van der Waals surface area (Å²) in [6.07, 6.45) is 5.71. The van der Waals surface area contributed by atoms with Crippen molar-refractivity contribution in [2.75, 3.05) is 32.6 Å². The number of hydrogen-bond acceptors (Lipinski definition) is 7. The lowest BCUT2D eigenvalue weighted by atomic mass is 9.94. The number of piperidine rings is 1. The summed E-state index contributed by atoms with van der Waals surface area (Å²) in [5.74, 6) is 2.17. The van der Waals surface area contributed by atoms with Crippen LogP contribution >= 0.6 is 0 Å². The molecule has 0 unspecified atom stereocenters. The second kappa shape index (κ2) is 10.0. The highest BCUT2D eigenvalue weighted by Gasteiger charge is 2.32. The third kappa shape index (κ3) is 4.99. The molecule has 1 aliphatic heterocycles. The number of carbonyl (C=O) groups is 1. The van der Waals surface area contributed by atoms with Crippen molar-refractivity contribution in [3.05, 3.63) is 53.5 Å². The van der Waals surface area contributed by atoms with Crippen LogP contribution in [0.5, 0.6) is 5.75 Å². The first-order chi connectivity index (χ1) is 16.0. The molecule has 174 valence electrons. The van der Waals surface area contributed by atoms with Crippen LogP contribution in [0.25, 0.3) is 11.3 Å². The number of methoxy groups -OCH3 is 1. The van der Waals surface area contributed by atoms with Gasteiger partial charge in [-0.15, -0.1) is 0 Å². The fourth-order valence-corrected chi connectivity index (χ4v) is 4.34. The number of benzene rings is 1. The normalized spacial score (nSPS) is 16.0. The van der Waals surface area contributed by atoms with Gasteiger partial charge >= 0.3 is 0 Å². The highest BCUT2D eigenvalue weighted by atomic mass is 16.5. The van der Waals surface area contributed by atoms with E-state index in [4.69, 9.17) is 14.2 Å². The number of nitrogens with zero attached hydrogens (tertiary/aromatic N) is 5. The molecule has 3 aromatic rings. The summed E-state index contributed by atoms with van der Waals surface area (Å²) in [5, 5.41) is 4.04. The van der Waals surface area contributed by atoms with Gasteiger partial charge in [0.1, 0.15) is 5.75 Å². The SMILES string of the molecule is COc1ccccc1CCC(=O)N1CCCC[C@H]1c1nc(N(C)C)ncc1-c1cc(C)no1. The average Bonchev–Trinajstić information content (AvgIpc) is 3.28. The first kappa shape index (κ1) is 22.8. The molecular formula is C25H31N5O3. The molecule has 8 nitrogen and oxygen atoms in total. The largest absolute Gasteiger partial charge is 0.496 e. The predicted molar refractivity (Wildman–Crippen MR) is 126 cm³/mol. The molecule has 3 heterocycles. The zero-order chi connectivity index (χ0) is 23.4. The van der Waals surface area contributed by atoms with Crippen molar-refractivity contribution >= 4 is 11.9 Å². The molecule has 0 N–H and O–H groups in total. The first-order valence-electron chi connectivity index (χ1n) is 11.4. The molecule has 33 heavy (non-hydrogen) atoms. The fourth-order valence-electron chi connectivity index (χ4n) is 4.34. The smallest absolute Gasteiger partial charge is 0.225 e. The third-order valence-electron chi connectivity index (χ3n) is 6.04. The van der Waals surface area contributed by atoms with Gasteiger partial charge in [-0.05, 0) is 44.2 Å². The van der Waals surface area contributed by atoms with Crippen LogP contribution in [0.3, 0.4) is 0 Å². The van der Waals surface area contributed by atoms with Crippen LogP contribution in [-0.4, -0.2) is 53.7 Å². The van der Waals surface area contributed by atoms with E-state index in [2.05, 4.69) is 10.1 Å². The van der Waals surface area contributed by atoms with Gasteiger partial charge in [-0.25, -0.2) is 9.97 Å². The minimum atomic E-state index is -0.133. The Morgan fingerprint density at radius 3 is 2.82 bits per heavy atom. The molecule has 1 saturated heterocycles. The summed E-state index contributed by atoms with van der Waals surface area (Å²) >= 11 is 0. The summed E-state index contributed by atoms with van der Waals surface area (Å²) in [6.45, 7) is 2.60. The van der Waals surface area contributed by atoms with E-state index in [9.17, 15) is 4.79 Å². The van der Waals surface area contributed by atoms with Crippen molar-refractivity contribution in [3.8, 4) is 17.1 Å². The number of rotatable bonds is 7. The Bertz CT molecular complexity index is 1110. The van der Waals surface area contributed by atoms with E-state index in [1.807, 2.05) is 61.2 Å². The molecule has 0 bridgehead atoms. The van der Waals surface area contributed by atoms with Gasteiger partial charge < -0.3 is 19.1 Å². The Labute approximate surface area is 194 Å². The summed E-state index contributed by atoms with van der Waals surface area (Å²) in [5.41, 5.74) is 3.43. The molecule has 1 amide bonds. The molecule has 2 aromatic heterocycles. The van der Waals surface area contributed by atoms with Crippen LogP contribution < -0.4 is 9.64 Å². The van der Waals surface area contributed by atoms with E-state index < -0.39 is 0 Å². The third-order valence-corrected chi connectivity index (χ3v) is 6.04. The number of likely N-dealkylation sites (tertiary alicyclic amines) is 1. The highest BCUT2D eigenvalue weighted by Crippen LogP contribution is 2.37. The van der Waals surface area contributed by atoms with Crippen molar-refractivity contribution in [1.29, 1.82) is 0 Å². The van der Waals surface area contributed by atoms with Gasteiger partial charge in [0.05, 0.1) is 30.1 Å². The molecule has 0 radical (unpaired) electrons. The molecule has 1 fully saturated rings. The van der Waals surface area contributed by atoms with Gasteiger partial charge in [0.25, 0.3) is 0 Å². The molecular weight excluding hydrogens is 418 g/mol. The summed E-state index contributed by atoms with van der Waals surface area (Å²) in [6, 6.07) is 9.60. The molecule has 1 aromatic carbocycles. The minimum Gasteiger partial charge on any atom is -0.496 e. The van der Waals surface area contributed by atoms with Crippen molar-refractivity contribution < 1.29 is 14.1 Å². The van der Waals surface area contributed by atoms with Crippen LogP contribution in [-0.2, 0) is 11.2 Å². The second-order valence-corrected chi connectivity index (χ2v) is 8.61. The van der Waals surface area contributed by atoms with Crippen LogP contribution in [0.15, 0.2) is 41.1 Å². The van der Waals surface area contributed by atoms with E-state index in [0.717, 1.165) is 47.5 Å². The van der Waals surface area contributed by atoms with E-state index in [0.29, 0.717) is 31.1 Å². The highest BCUT2D eigenvalue weighted by molar-refractivity contribution is 5.77. The van der Waals surface area contributed by atoms with Gasteiger partial charge in [0, 0.05) is 39.3 Å². The molecule has 0 saturated carbocycles. The lowest BCUT2D eigenvalue weighted by molar-refractivity contribution is -0.135. The van der Waals surface area contributed by atoms with E-state index >= 15 is 0 Å². The number of aromatic nitrogens is 3. The topological polar surface area (TPSA) is 84.6 Å². The molecule has 8 heteroatoms. The molecule has 0 aliphatic carbocycles. The molecule has 1 atom stereocenters. The van der Waals surface area contributed by atoms with Crippen molar-refractivity contribution in [3.63, 3.8) is 0 Å². The number of aryl methyl sites for hydroxylation is 2. The van der Waals surface area contributed by atoms with Gasteiger partial charge in [-0.2, -0.15) is 0 Å². The number of para-hydroxylation sites is 1. The Morgan fingerprint density at radius 2 is 2.09 bits per heavy atom. The number of carbonyl (C=O) groups excluding carboxylic acids is 1. The average molecular weight is 450 g/mol. The Hall–Kier alpha value is -3.42. The standard InChI is InChI=1S/C25H31N5O3/c1-17-15-22(33-28-17)19-16-26-25(29(2)3)27-24(19)20-10-7-8-14-30(20)23(31)13-12-18-9-5-6-11-21(18)32-4/h5-6,9,11,15-16,20H,7-8,10,12-14H2,1-4H3/t20-/m0/s1. The van der Waals surface area contributed by atoms with E-state index in [1.54, 1.807) is 13.3 Å². The number of hydrogen-bond donors (Lipinski definition) is 0. The summed E-state index contributed by atoms with van der Waals surface area (Å²) in [7, 11) is 5.48. The molecule has 4 rings (SSSR count). The summed E-state index contributed by atoms with van der Waals surface area (Å²) in [4.78, 5) is 26.6. The van der Waals surface area contributed by atoms with Crippen LogP contribution in [0.1, 0.15) is 48.7 Å². The zero-order valence-corrected chi connectivity index (χ0v) is 19.7. The molecule has 1 aliphatic rings. The van der Waals surface area contributed by atoms with Gasteiger partial charge in [-0.1, -0.05) is 23.4 Å². The van der Waals surface area contributed by atoms with E-state index in [1.165, 1.54) is 0 Å². The van der Waals surface area contributed by atoms with Crippen LogP contribution in [0.4, 0.5) is 5.95 Å². The second-order valence-electron chi connectivity index (χ2n) is 8.61. The van der Waals surface area contributed by atoms with Crippen LogP contribution in [0, 0.1) is 6.92 Å². The Morgan fingerprint density at radius 1 is 1.27 bits per heavy atom. The maximum Gasteiger partial charge on any atom is 0.225 e. The van der Waals surface area contributed by atoms with Gasteiger partial charge in [0.2, 0.25) is 11.9 Å². The maximum atomic E-state index is 13.4. The minimum absolute atomic E-state index is 0.121. The number of anilines is 1.